The molecular formula is C21H23Cl2NO2. The lowest BCUT2D eigenvalue weighted by atomic mass is 10.1. The summed E-state index contributed by atoms with van der Waals surface area (Å²) in [6, 6.07) is 13.2. The van der Waals surface area contributed by atoms with Crippen molar-refractivity contribution < 1.29 is 9.59 Å². The maximum absolute atomic E-state index is 12.9. The molecule has 0 N–H and O–H groups in total. The zero-order valence-electron chi connectivity index (χ0n) is 14.9. The van der Waals surface area contributed by atoms with E-state index in [-0.39, 0.29) is 11.8 Å². The van der Waals surface area contributed by atoms with Crippen LogP contribution in [-0.4, -0.2) is 23.3 Å². The van der Waals surface area contributed by atoms with E-state index in [1.165, 1.54) is 4.90 Å². The first kappa shape index (κ1) is 20.5. The minimum Gasteiger partial charge on any atom is -0.274 e. The maximum atomic E-state index is 12.9. The molecule has 0 aromatic heterocycles. The van der Waals surface area contributed by atoms with Gasteiger partial charge in [0.05, 0.1) is 0 Å². The number of benzene rings is 2. The highest BCUT2D eigenvalue weighted by atomic mass is 35.5. The van der Waals surface area contributed by atoms with E-state index in [1.807, 2.05) is 0 Å². The van der Waals surface area contributed by atoms with E-state index in [2.05, 4.69) is 6.92 Å². The quantitative estimate of drug-likeness (QED) is 0.394. The molecule has 3 nitrogen and oxygen atoms in total. The maximum Gasteiger partial charge on any atom is 0.260 e. The average Bonchev–Trinajstić information content (AvgIpc) is 2.65. The van der Waals surface area contributed by atoms with Crippen LogP contribution in [0.15, 0.2) is 48.5 Å². The largest absolute Gasteiger partial charge is 0.274 e. The molecule has 138 valence electrons. The van der Waals surface area contributed by atoms with Crippen LogP contribution in [0.4, 0.5) is 0 Å². The fraction of sp³-hybridized carbons (Fsp3) is 0.333. The highest BCUT2D eigenvalue weighted by Crippen LogP contribution is 2.17. The Morgan fingerprint density at radius 1 is 0.731 bits per heavy atom. The summed E-state index contributed by atoms with van der Waals surface area (Å²) < 4.78 is 0. The van der Waals surface area contributed by atoms with Crippen molar-refractivity contribution in [2.45, 2.75) is 39.0 Å². The molecule has 26 heavy (non-hydrogen) atoms. The summed E-state index contributed by atoms with van der Waals surface area (Å²) in [6.45, 7) is 2.55. The third-order valence-corrected chi connectivity index (χ3v) is 4.66. The zero-order chi connectivity index (χ0) is 18.9. The lowest BCUT2D eigenvalue weighted by Crippen LogP contribution is -2.37. The number of carbonyl (C=O) groups is 2. The number of hydrogen-bond donors (Lipinski definition) is 0. The Kier molecular flexibility index (Phi) is 8.14. The molecule has 0 bridgehead atoms. The number of nitrogens with zero attached hydrogens (tertiary/aromatic N) is 1. The molecule has 5 heteroatoms. The summed E-state index contributed by atoms with van der Waals surface area (Å²) in [5, 5.41) is 1.10. The molecule has 0 saturated carbocycles. The molecule has 0 atom stereocenters. The topological polar surface area (TPSA) is 37.4 Å². The minimum absolute atomic E-state index is 0.308. The molecule has 2 aromatic carbocycles. The first-order valence-corrected chi connectivity index (χ1v) is 9.66. The number of rotatable bonds is 8. The van der Waals surface area contributed by atoms with Crippen molar-refractivity contribution in [3.8, 4) is 0 Å². The molecule has 2 aromatic rings. The van der Waals surface area contributed by atoms with Gasteiger partial charge in [-0.25, -0.2) is 0 Å². The van der Waals surface area contributed by atoms with Gasteiger partial charge in [-0.3, -0.25) is 14.5 Å². The highest BCUT2D eigenvalue weighted by Gasteiger charge is 2.23. The summed E-state index contributed by atoms with van der Waals surface area (Å²) in [5.41, 5.74) is 0.899. The fourth-order valence-electron chi connectivity index (χ4n) is 2.67. The third-order valence-electron chi connectivity index (χ3n) is 4.16. The van der Waals surface area contributed by atoms with E-state index in [0.29, 0.717) is 27.7 Å². The molecule has 0 aliphatic rings. The number of carbonyl (C=O) groups excluding carboxylic acids is 2. The molecule has 0 radical (unpaired) electrons. The Hall–Kier alpha value is -1.84. The molecule has 0 heterocycles. The van der Waals surface area contributed by atoms with Crippen LogP contribution in [0.3, 0.4) is 0 Å². The lowest BCUT2D eigenvalue weighted by molar-refractivity contribution is 0.0613. The van der Waals surface area contributed by atoms with Crippen LogP contribution < -0.4 is 0 Å². The summed E-state index contributed by atoms with van der Waals surface area (Å²) in [7, 11) is 0. The number of unbranched alkanes of at least 4 members (excludes halogenated alkanes) is 4. The van der Waals surface area contributed by atoms with Gasteiger partial charge in [0.2, 0.25) is 0 Å². The minimum atomic E-state index is -0.308. The van der Waals surface area contributed by atoms with Crippen LogP contribution in [0, 0.1) is 0 Å². The second-order valence-electron chi connectivity index (χ2n) is 6.19. The molecular weight excluding hydrogens is 369 g/mol. The third kappa shape index (κ3) is 5.86. The van der Waals surface area contributed by atoms with E-state index in [1.54, 1.807) is 48.5 Å². The van der Waals surface area contributed by atoms with Crippen LogP contribution >= 0.6 is 23.2 Å². The van der Waals surface area contributed by atoms with Crippen molar-refractivity contribution in [3.05, 3.63) is 69.7 Å². The first-order chi connectivity index (χ1) is 12.5. The van der Waals surface area contributed by atoms with Crippen LogP contribution in [-0.2, 0) is 0 Å². The van der Waals surface area contributed by atoms with Crippen LogP contribution in [0.1, 0.15) is 59.7 Å². The van der Waals surface area contributed by atoms with Crippen molar-refractivity contribution in [3.63, 3.8) is 0 Å². The Labute approximate surface area is 164 Å². The standard InChI is InChI=1S/C21H23Cl2NO2/c1-2-3-4-5-6-15-24(20(25)16-7-11-18(22)12-8-16)21(26)17-9-13-19(23)14-10-17/h7-14H,2-6,15H2,1H3. The first-order valence-electron chi connectivity index (χ1n) is 8.90. The summed E-state index contributed by atoms with van der Waals surface area (Å²) >= 11 is 11.8. The van der Waals surface area contributed by atoms with E-state index >= 15 is 0 Å². The van der Waals surface area contributed by atoms with Gasteiger partial charge in [-0.1, -0.05) is 55.8 Å². The van der Waals surface area contributed by atoms with Crippen molar-refractivity contribution >= 4 is 35.0 Å². The smallest absolute Gasteiger partial charge is 0.260 e. The van der Waals surface area contributed by atoms with Gasteiger partial charge in [0.25, 0.3) is 11.8 Å². The predicted molar refractivity (Wildman–Crippen MR) is 107 cm³/mol. The molecule has 2 amide bonds. The van der Waals surface area contributed by atoms with Gasteiger partial charge in [-0.2, -0.15) is 0 Å². The van der Waals surface area contributed by atoms with E-state index < -0.39 is 0 Å². The Morgan fingerprint density at radius 2 is 1.15 bits per heavy atom. The van der Waals surface area contributed by atoms with Gasteiger partial charge in [-0.15, -0.1) is 0 Å². The zero-order valence-corrected chi connectivity index (χ0v) is 16.4. The van der Waals surface area contributed by atoms with E-state index in [4.69, 9.17) is 23.2 Å². The molecule has 0 saturated heterocycles. The van der Waals surface area contributed by atoms with Gasteiger partial charge in [0.15, 0.2) is 0 Å². The fourth-order valence-corrected chi connectivity index (χ4v) is 2.92. The molecule has 0 fully saturated rings. The Morgan fingerprint density at radius 3 is 1.58 bits per heavy atom. The molecule has 0 unspecified atom stereocenters. The van der Waals surface area contributed by atoms with Gasteiger partial charge < -0.3 is 0 Å². The molecule has 0 aliphatic heterocycles. The summed E-state index contributed by atoms with van der Waals surface area (Å²) in [5.74, 6) is -0.616. The monoisotopic (exact) mass is 391 g/mol. The molecule has 2 rings (SSSR count). The molecule has 0 spiro atoms. The summed E-state index contributed by atoms with van der Waals surface area (Å²) in [4.78, 5) is 27.1. The Bertz CT molecular complexity index is 669. The summed E-state index contributed by atoms with van der Waals surface area (Å²) in [6.07, 6.45) is 5.20. The average molecular weight is 392 g/mol. The van der Waals surface area contributed by atoms with Crippen molar-refractivity contribution in [2.75, 3.05) is 6.54 Å². The number of hydrogen-bond acceptors (Lipinski definition) is 2. The Balaban J connectivity index is 2.17. The van der Waals surface area contributed by atoms with Gasteiger partial charge in [0.1, 0.15) is 0 Å². The van der Waals surface area contributed by atoms with Gasteiger partial charge >= 0.3 is 0 Å². The van der Waals surface area contributed by atoms with Gasteiger partial charge in [0, 0.05) is 27.7 Å². The van der Waals surface area contributed by atoms with E-state index in [9.17, 15) is 9.59 Å². The van der Waals surface area contributed by atoms with Crippen molar-refractivity contribution in [2.24, 2.45) is 0 Å². The number of halogens is 2. The normalized spacial score (nSPS) is 10.6. The van der Waals surface area contributed by atoms with Crippen molar-refractivity contribution in [1.82, 2.24) is 4.90 Å². The van der Waals surface area contributed by atoms with Crippen LogP contribution in [0.25, 0.3) is 0 Å². The van der Waals surface area contributed by atoms with Gasteiger partial charge in [-0.05, 0) is 55.0 Å². The van der Waals surface area contributed by atoms with Crippen LogP contribution in [0.2, 0.25) is 10.0 Å². The molecule has 0 aliphatic carbocycles. The lowest BCUT2D eigenvalue weighted by Gasteiger charge is -2.21. The van der Waals surface area contributed by atoms with E-state index in [0.717, 1.165) is 32.1 Å². The second-order valence-corrected chi connectivity index (χ2v) is 7.06. The number of amides is 2. The number of imide groups is 1. The SMILES string of the molecule is CCCCCCCN(C(=O)c1ccc(Cl)cc1)C(=O)c1ccc(Cl)cc1. The van der Waals surface area contributed by atoms with Crippen molar-refractivity contribution in [1.29, 1.82) is 0 Å². The highest BCUT2D eigenvalue weighted by molar-refractivity contribution is 6.31. The second kappa shape index (κ2) is 10.3. The predicted octanol–water partition coefficient (Wildman–Crippen LogP) is 6.25. The van der Waals surface area contributed by atoms with Crippen LogP contribution in [0.5, 0.6) is 0 Å².